The Hall–Kier alpha value is -4.54. The van der Waals surface area contributed by atoms with Crippen molar-refractivity contribution in [2.24, 2.45) is 0 Å². The first kappa shape index (κ1) is 26.5. The number of methoxy groups -OCH3 is 1. The predicted octanol–water partition coefficient (Wildman–Crippen LogP) is 5.27. The van der Waals surface area contributed by atoms with E-state index >= 15 is 0 Å². The first-order valence-corrected chi connectivity index (χ1v) is 11.6. The van der Waals surface area contributed by atoms with Gasteiger partial charge in [0.15, 0.2) is 17.5 Å². The molecule has 1 atom stereocenters. The van der Waals surface area contributed by atoms with E-state index in [4.69, 9.17) is 4.74 Å². The van der Waals surface area contributed by atoms with E-state index in [1.165, 1.54) is 17.9 Å². The molecule has 4 rings (SSSR count). The van der Waals surface area contributed by atoms with Crippen LogP contribution in [0.15, 0.2) is 59.9 Å². The number of nitrogens with zero attached hydrogens (tertiary/aromatic N) is 3. The number of pyridine rings is 1. The molecule has 8 nitrogen and oxygen atoms in total. The van der Waals surface area contributed by atoms with E-state index < -0.39 is 35.0 Å². The van der Waals surface area contributed by atoms with E-state index in [2.05, 4.69) is 10.3 Å². The van der Waals surface area contributed by atoms with Gasteiger partial charge in [-0.3, -0.25) is 9.59 Å². The SMILES string of the molecule is COc1cc(Nc2cc(C)cn(C(CCC(=O)O)c3cc(F)c(F)c(F)c3)c2=O)ccc1-n1cnc(C)c1. The average molecular weight is 527 g/mol. The van der Waals surface area contributed by atoms with Crippen molar-refractivity contribution in [1.82, 2.24) is 14.1 Å². The molecule has 2 N–H and O–H groups in total. The molecule has 4 aromatic rings. The van der Waals surface area contributed by atoms with Crippen LogP contribution in [0.3, 0.4) is 0 Å². The maximum absolute atomic E-state index is 14.0. The number of anilines is 2. The fraction of sp³-hybridized carbons (Fsp3) is 0.222. The number of aliphatic carboxylic acids is 1. The number of hydrogen-bond donors (Lipinski definition) is 2. The summed E-state index contributed by atoms with van der Waals surface area (Å²) in [6.07, 6.45) is 4.40. The van der Waals surface area contributed by atoms with Gasteiger partial charge in [-0.2, -0.15) is 0 Å². The van der Waals surface area contributed by atoms with Crippen LogP contribution in [0.2, 0.25) is 0 Å². The molecule has 0 aliphatic rings. The third-order valence-corrected chi connectivity index (χ3v) is 5.99. The van der Waals surface area contributed by atoms with Crippen molar-refractivity contribution in [3.63, 3.8) is 0 Å². The van der Waals surface area contributed by atoms with Gasteiger partial charge in [0.1, 0.15) is 11.4 Å². The Bertz CT molecular complexity index is 1540. The van der Waals surface area contributed by atoms with Crippen molar-refractivity contribution in [1.29, 1.82) is 0 Å². The summed E-state index contributed by atoms with van der Waals surface area (Å²) in [6, 6.07) is 7.30. The van der Waals surface area contributed by atoms with Gasteiger partial charge in [-0.15, -0.1) is 0 Å². The second kappa shape index (κ2) is 10.8. The van der Waals surface area contributed by atoms with Crippen LogP contribution in [0.1, 0.15) is 35.7 Å². The maximum atomic E-state index is 14.0. The summed E-state index contributed by atoms with van der Waals surface area (Å²) < 4.78 is 50.2. The molecule has 2 aromatic heterocycles. The predicted molar refractivity (Wildman–Crippen MR) is 135 cm³/mol. The number of aryl methyl sites for hydroxylation is 2. The van der Waals surface area contributed by atoms with Gasteiger partial charge in [0, 0.05) is 30.6 Å². The smallest absolute Gasteiger partial charge is 0.303 e. The number of nitrogens with one attached hydrogen (secondary N) is 1. The van der Waals surface area contributed by atoms with Gasteiger partial charge in [0.25, 0.3) is 5.56 Å². The first-order chi connectivity index (χ1) is 18.1. The molecule has 0 amide bonds. The molecule has 0 fully saturated rings. The lowest BCUT2D eigenvalue weighted by molar-refractivity contribution is -0.137. The number of hydrogen-bond acceptors (Lipinski definition) is 5. The highest BCUT2D eigenvalue weighted by Crippen LogP contribution is 2.30. The zero-order chi connectivity index (χ0) is 27.6. The van der Waals surface area contributed by atoms with E-state index in [0.29, 0.717) is 17.0 Å². The molecule has 38 heavy (non-hydrogen) atoms. The molecule has 2 heterocycles. The second-order valence-corrected chi connectivity index (χ2v) is 8.82. The first-order valence-electron chi connectivity index (χ1n) is 11.6. The molecule has 0 aliphatic heterocycles. The molecular formula is C27H25F3N4O4. The zero-order valence-corrected chi connectivity index (χ0v) is 20.8. The standard InChI is InChI=1S/C27H25F3N4O4/c1-15-8-21(32-18-4-5-23(24(11-18)38-3)33-13-16(2)31-14-33)27(37)34(12-15)22(6-7-25(35)36)17-9-19(28)26(30)20(29)10-17/h4-5,8-14,22,32H,6-7H2,1-3H3,(H,35,36). The Labute approximate surface area is 216 Å². The van der Waals surface area contributed by atoms with Crippen LogP contribution < -0.4 is 15.6 Å². The lowest BCUT2D eigenvalue weighted by Crippen LogP contribution is -2.28. The molecule has 1 unspecified atom stereocenters. The summed E-state index contributed by atoms with van der Waals surface area (Å²) in [4.78, 5) is 29.0. The summed E-state index contributed by atoms with van der Waals surface area (Å²) >= 11 is 0. The van der Waals surface area contributed by atoms with Gasteiger partial charge in [-0.05, 0) is 61.7 Å². The summed E-state index contributed by atoms with van der Waals surface area (Å²) in [6.45, 7) is 3.58. The van der Waals surface area contributed by atoms with Gasteiger partial charge in [-0.1, -0.05) is 0 Å². The number of aromatic nitrogens is 3. The van der Waals surface area contributed by atoms with E-state index in [9.17, 15) is 27.9 Å². The van der Waals surface area contributed by atoms with Gasteiger partial charge in [0.2, 0.25) is 0 Å². The number of rotatable bonds is 9. The third kappa shape index (κ3) is 5.56. The molecule has 0 saturated heterocycles. The molecule has 11 heteroatoms. The molecule has 0 saturated carbocycles. The van der Waals surface area contributed by atoms with Crippen molar-refractivity contribution in [2.75, 3.05) is 12.4 Å². The van der Waals surface area contributed by atoms with Crippen LogP contribution in [-0.2, 0) is 4.79 Å². The normalized spacial score (nSPS) is 11.8. The Kier molecular flexibility index (Phi) is 7.56. The van der Waals surface area contributed by atoms with Gasteiger partial charge >= 0.3 is 5.97 Å². The number of halogens is 3. The van der Waals surface area contributed by atoms with Crippen molar-refractivity contribution in [2.45, 2.75) is 32.7 Å². The topological polar surface area (TPSA) is 98.4 Å². The Balaban J connectivity index is 1.75. The number of carbonyl (C=O) groups is 1. The highest BCUT2D eigenvalue weighted by molar-refractivity contribution is 5.67. The highest BCUT2D eigenvalue weighted by atomic mass is 19.2. The Morgan fingerprint density at radius 3 is 2.42 bits per heavy atom. The molecule has 0 spiro atoms. The molecule has 0 radical (unpaired) electrons. The van der Waals surface area contributed by atoms with Crippen LogP contribution >= 0.6 is 0 Å². The summed E-state index contributed by atoms with van der Waals surface area (Å²) in [5, 5.41) is 12.3. The second-order valence-electron chi connectivity index (χ2n) is 8.82. The van der Waals surface area contributed by atoms with Crippen LogP contribution in [0.25, 0.3) is 5.69 Å². The van der Waals surface area contributed by atoms with Crippen LogP contribution in [0.4, 0.5) is 24.5 Å². The molecule has 0 aliphatic carbocycles. The third-order valence-electron chi connectivity index (χ3n) is 5.99. The summed E-state index contributed by atoms with van der Waals surface area (Å²) in [5.41, 5.74) is 2.21. The molecule has 198 valence electrons. The van der Waals surface area contributed by atoms with E-state index in [1.54, 1.807) is 42.1 Å². The Morgan fingerprint density at radius 1 is 1.11 bits per heavy atom. The minimum atomic E-state index is -1.65. The van der Waals surface area contributed by atoms with Crippen LogP contribution in [0.5, 0.6) is 5.75 Å². The highest BCUT2D eigenvalue weighted by Gasteiger charge is 2.22. The Morgan fingerprint density at radius 2 is 1.82 bits per heavy atom. The molecule has 0 bridgehead atoms. The number of carboxylic acids is 1. The number of benzene rings is 2. The minimum Gasteiger partial charge on any atom is -0.494 e. The summed E-state index contributed by atoms with van der Waals surface area (Å²) in [5.74, 6) is -5.15. The minimum absolute atomic E-state index is 0.0667. The van der Waals surface area contributed by atoms with Gasteiger partial charge < -0.3 is 24.3 Å². The lowest BCUT2D eigenvalue weighted by atomic mass is 10.0. The fourth-order valence-electron chi connectivity index (χ4n) is 4.24. The molecule has 2 aromatic carbocycles. The van der Waals surface area contributed by atoms with Crippen LogP contribution in [0, 0.1) is 31.3 Å². The van der Waals surface area contributed by atoms with Gasteiger partial charge in [0.05, 0.1) is 30.9 Å². The number of imidazole rings is 1. The lowest BCUT2D eigenvalue weighted by Gasteiger charge is -2.22. The van der Waals surface area contributed by atoms with Crippen molar-refractivity contribution < 1.29 is 27.8 Å². The van der Waals surface area contributed by atoms with E-state index in [1.807, 2.05) is 13.1 Å². The van der Waals surface area contributed by atoms with Crippen molar-refractivity contribution in [3.05, 3.63) is 99.7 Å². The quantitative estimate of drug-likeness (QED) is 0.288. The van der Waals surface area contributed by atoms with Gasteiger partial charge in [-0.25, -0.2) is 18.2 Å². The zero-order valence-electron chi connectivity index (χ0n) is 20.8. The molecular weight excluding hydrogens is 501 g/mol. The van der Waals surface area contributed by atoms with Crippen molar-refractivity contribution >= 4 is 17.3 Å². The van der Waals surface area contributed by atoms with E-state index in [0.717, 1.165) is 23.5 Å². The maximum Gasteiger partial charge on any atom is 0.303 e. The number of ether oxygens (including phenoxy) is 1. The average Bonchev–Trinajstić information content (AvgIpc) is 3.30. The fourth-order valence-corrected chi connectivity index (χ4v) is 4.24. The van der Waals surface area contributed by atoms with Crippen molar-refractivity contribution in [3.8, 4) is 11.4 Å². The largest absolute Gasteiger partial charge is 0.494 e. The summed E-state index contributed by atoms with van der Waals surface area (Å²) in [7, 11) is 1.51. The number of carboxylic acid groups (broad SMARTS) is 1. The van der Waals surface area contributed by atoms with E-state index in [-0.39, 0.29) is 24.1 Å². The van der Waals surface area contributed by atoms with Crippen LogP contribution in [-0.4, -0.2) is 32.3 Å². The monoisotopic (exact) mass is 526 g/mol.